The molecule has 3 amide bonds. The predicted octanol–water partition coefficient (Wildman–Crippen LogP) is 4.29. The number of primary amides is 1. The number of benzene rings is 1. The molecule has 10 N–H and O–H groups in total. The van der Waals surface area contributed by atoms with E-state index in [0.717, 1.165) is 44.1 Å². The molecule has 0 bridgehead atoms. The zero-order valence-corrected chi connectivity index (χ0v) is 35.2. The van der Waals surface area contributed by atoms with Crippen LogP contribution in [0.4, 0.5) is 0 Å². The quantitative estimate of drug-likeness (QED) is 0.0415. The fraction of sp³-hybridized carbons (Fsp3) is 0.707. The van der Waals surface area contributed by atoms with Crippen LogP contribution in [0.2, 0.25) is 0 Å². The van der Waals surface area contributed by atoms with Gasteiger partial charge < -0.3 is 32.3 Å². The molecule has 0 spiro atoms. The van der Waals surface area contributed by atoms with E-state index in [1.54, 1.807) is 12.1 Å². The predicted molar refractivity (Wildman–Crippen MR) is 228 cm³/mol. The van der Waals surface area contributed by atoms with Crippen LogP contribution < -0.4 is 32.7 Å². The van der Waals surface area contributed by atoms with Crippen LogP contribution in [0, 0.1) is 0 Å². The third-order valence-electron chi connectivity index (χ3n) is 10.0. The van der Waals surface area contributed by atoms with Gasteiger partial charge >= 0.3 is 5.97 Å². The molecule has 4 atom stereocenters. The Morgan fingerprint density at radius 2 is 1.35 bits per heavy atom. The Hall–Kier alpha value is -3.18. The summed E-state index contributed by atoms with van der Waals surface area (Å²) in [5.41, 5.74) is 12.5. The number of hydrogen-bond acceptors (Lipinski definition) is 12. The Bertz CT molecular complexity index is 1350. The molecule has 0 unspecified atom stereocenters. The fourth-order valence-corrected chi connectivity index (χ4v) is 8.83. The Labute approximate surface area is 346 Å². The number of unbranched alkanes of at least 4 members (excludes halogenated alkanes) is 14. The molecule has 322 valence electrons. The first kappa shape index (κ1) is 50.0. The van der Waals surface area contributed by atoms with Crippen LogP contribution in [-0.2, 0) is 35.2 Å². The van der Waals surface area contributed by atoms with Crippen molar-refractivity contribution >= 4 is 56.8 Å². The van der Waals surface area contributed by atoms with Crippen LogP contribution in [0.3, 0.4) is 0 Å². The molecule has 0 aliphatic carbocycles. The van der Waals surface area contributed by atoms with Gasteiger partial charge in [-0.15, -0.1) is 0 Å². The molecule has 2 rings (SSSR count). The summed E-state index contributed by atoms with van der Waals surface area (Å²) in [5, 5.41) is 30.0. The Kier molecular flexibility index (Phi) is 27.0. The molecule has 14 nitrogen and oxygen atoms in total. The largest absolute Gasteiger partial charge is 0.508 e. The SMILES string of the molecule is NC(=O)[C@H](Cc1ccc(O)cc1)NCC(=O)[C@@H]1CSSC[C@H](N)C(=O)N[C@@H](CCCCNC(=O)CCCCCCCCCCCCCCCCC(=O)O)C(=O)CN1. The number of aliphatic carboxylic acids is 1. The molecule has 16 heteroatoms. The lowest BCUT2D eigenvalue weighted by atomic mass is 10.0. The highest BCUT2D eigenvalue weighted by molar-refractivity contribution is 8.76. The number of ketones is 2. The van der Waals surface area contributed by atoms with E-state index in [-0.39, 0.29) is 49.2 Å². The Balaban J connectivity index is 1.63. The summed E-state index contributed by atoms with van der Waals surface area (Å²) < 4.78 is 0. The summed E-state index contributed by atoms with van der Waals surface area (Å²) in [4.78, 5) is 74.4. The highest BCUT2D eigenvalue weighted by Gasteiger charge is 2.28. The van der Waals surface area contributed by atoms with E-state index in [1.165, 1.54) is 85.1 Å². The van der Waals surface area contributed by atoms with Crippen molar-refractivity contribution in [2.75, 3.05) is 31.1 Å². The number of phenolic OH excluding ortho intramolecular Hbond substituents is 1. The number of carboxylic acid groups (broad SMARTS) is 1. The maximum atomic E-state index is 13.3. The van der Waals surface area contributed by atoms with Gasteiger partial charge in [0.15, 0.2) is 11.6 Å². The van der Waals surface area contributed by atoms with Crippen LogP contribution in [0.15, 0.2) is 24.3 Å². The first-order chi connectivity index (χ1) is 27.5. The summed E-state index contributed by atoms with van der Waals surface area (Å²) in [7, 11) is 2.73. The van der Waals surface area contributed by atoms with Crippen molar-refractivity contribution in [3.63, 3.8) is 0 Å². The molecule has 0 radical (unpaired) electrons. The second-order valence-corrected chi connectivity index (χ2v) is 17.6. The average Bonchev–Trinajstić information content (AvgIpc) is 3.18. The number of amides is 3. The molecule has 0 aromatic heterocycles. The number of carbonyl (C=O) groups excluding carboxylic acids is 5. The lowest BCUT2D eigenvalue weighted by molar-refractivity contribution is -0.137. The molecule has 1 aliphatic rings. The van der Waals surface area contributed by atoms with Gasteiger partial charge in [0.1, 0.15) is 5.75 Å². The fourth-order valence-electron chi connectivity index (χ4n) is 6.48. The van der Waals surface area contributed by atoms with Crippen molar-refractivity contribution in [2.24, 2.45) is 11.5 Å². The number of phenols is 1. The highest BCUT2D eigenvalue weighted by Crippen LogP contribution is 2.23. The molecule has 1 saturated heterocycles. The lowest BCUT2D eigenvalue weighted by Gasteiger charge is -2.24. The number of rotatable bonds is 29. The van der Waals surface area contributed by atoms with E-state index in [4.69, 9.17) is 16.6 Å². The minimum absolute atomic E-state index is 0.0190. The van der Waals surface area contributed by atoms with Crippen LogP contribution in [-0.4, -0.2) is 101 Å². The van der Waals surface area contributed by atoms with Gasteiger partial charge in [-0.1, -0.05) is 111 Å². The van der Waals surface area contributed by atoms with Gasteiger partial charge in [0.05, 0.1) is 37.3 Å². The van der Waals surface area contributed by atoms with Gasteiger partial charge in [0, 0.05) is 30.9 Å². The van der Waals surface area contributed by atoms with Gasteiger partial charge in [-0.05, 0) is 56.2 Å². The Morgan fingerprint density at radius 1 is 0.789 bits per heavy atom. The third kappa shape index (κ3) is 24.4. The first-order valence-electron chi connectivity index (χ1n) is 20.8. The van der Waals surface area contributed by atoms with Gasteiger partial charge in [-0.25, -0.2) is 0 Å². The van der Waals surface area contributed by atoms with Crippen molar-refractivity contribution < 1.29 is 39.0 Å². The van der Waals surface area contributed by atoms with E-state index in [0.29, 0.717) is 43.7 Å². The summed E-state index contributed by atoms with van der Waals surface area (Å²) in [5.74, 6) is -1.52. The zero-order chi connectivity index (χ0) is 41.7. The maximum absolute atomic E-state index is 13.3. The molecule has 1 fully saturated rings. The smallest absolute Gasteiger partial charge is 0.303 e. The van der Waals surface area contributed by atoms with E-state index < -0.39 is 42.0 Å². The van der Waals surface area contributed by atoms with Crippen LogP contribution in [0.1, 0.15) is 128 Å². The molecular weight excluding hydrogens is 769 g/mol. The maximum Gasteiger partial charge on any atom is 0.303 e. The third-order valence-corrected chi connectivity index (χ3v) is 12.5. The standard InChI is InChI=1S/C41H68N6O8S2/c42-32-28-56-57-29-35(37(50)27-45-34(40(43)54)25-30-20-22-31(48)23-21-30)46-26-36(49)33(47-41(32)55)17-15-16-24-44-38(51)18-13-11-9-7-5-3-1-2-4-6-8-10-12-14-19-39(52)53/h20-23,32-35,45-46,48H,1-19,24-29,42H2,(H2,43,54)(H,44,51)(H,47,55)(H,52,53)/t32-,33-,34-,35-/m0/s1. The van der Waals surface area contributed by atoms with Gasteiger partial charge in [0.25, 0.3) is 0 Å². The molecule has 0 saturated carbocycles. The second-order valence-electron chi connectivity index (χ2n) is 15.0. The Morgan fingerprint density at radius 3 is 1.93 bits per heavy atom. The van der Waals surface area contributed by atoms with Crippen molar-refractivity contribution in [3.05, 3.63) is 29.8 Å². The topological polar surface area (TPSA) is 243 Å². The van der Waals surface area contributed by atoms with E-state index >= 15 is 0 Å². The number of carbonyl (C=O) groups is 6. The normalized spacial score (nSPS) is 18.5. The van der Waals surface area contributed by atoms with Crippen LogP contribution in [0.25, 0.3) is 0 Å². The molecule has 1 aromatic rings. The van der Waals surface area contributed by atoms with Crippen molar-refractivity contribution in [1.82, 2.24) is 21.3 Å². The molecular formula is C41H68N6O8S2. The zero-order valence-electron chi connectivity index (χ0n) is 33.6. The lowest BCUT2D eigenvalue weighted by Crippen LogP contribution is -2.54. The minimum atomic E-state index is -0.826. The summed E-state index contributed by atoms with van der Waals surface area (Å²) in [6.45, 7) is 0.176. The minimum Gasteiger partial charge on any atom is -0.508 e. The van der Waals surface area contributed by atoms with E-state index in [9.17, 15) is 33.9 Å². The highest BCUT2D eigenvalue weighted by atomic mass is 33.1. The summed E-state index contributed by atoms with van der Waals surface area (Å²) in [6, 6.07) is 3.23. The number of carboxylic acids is 1. The van der Waals surface area contributed by atoms with Gasteiger partial charge in [-0.3, -0.25) is 39.4 Å². The number of hydrogen-bond donors (Lipinski definition) is 8. The number of aromatic hydroxyl groups is 1. The van der Waals surface area contributed by atoms with Crippen molar-refractivity contribution in [1.29, 1.82) is 0 Å². The van der Waals surface area contributed by atoms with Gasteiger partial charge in [0.2, 0.25) is 17.7 Å². The number of nitrogens with one attached hydrogen (secondary N) is 4. The van der Waals surface area contributed by atoms with Gasteiger partial charge in [-0.2, -0.15) is 0 Å². The summed E-state index contributed by atoms with van der Waals surface area (Å²) in [6.07, 6.45) is 18.4. The molecule has 1 aromatic carbocycles. The second kappa shape index (κ2) is 30.8. The number of nitrogens with two attached hydrogens (primary N) is 2. The first-order valence-corrected chi connectivity index (χ1v) is 23.3. The van der Waals surface area contributed by atoms with E-state index in [1.807, 2.05) is 0 Å². The monoisotopic (exact) mass is 836 g/mol. The molecule has 1 heterocycles. The molecule has 1 aliphatic heterocycles. The van der Waals surface area contributed by atoms with Crippen LogP contribution in [0.5, 0.6) is 5.75 Å². The van der Waals surface area contributed by atoms with E-state index in [2.05, 4.69) is 21.3 Å². The summed E-state index contributed by atoms with van der Waals surface area (Å²) >= 11 is 0. The van der Waals surface area contributed by atoms with Crippen LogP contribution >= 0.6 is 21.6 Å². The average molecular weight is 837 g/mol. The molecule has 57 heavy (non-hydrogen) atoms. The number of Topliss-reactive ketones (excluding diaryl/α,β-unsaturated/α-hetero) is 2. The van der Waals surface area contributed by atoms with Crippen molar-refractivity contribution in [2.45, 2.75) is 153 Å². The van der Waals surface area contributed by atoms with Crippen molar-refractivity contribution in [3.8, 4) is 5.75 Å².